The zero-order valence-corrected chi connectivity index (χ0v) is 56.2. The van der Waals surface area contributed by atoms with E-state index >= 15 is 26.3 Å². The Morgan fingerprint density at radius 2 is 0.694 bits per heavy atom. The minimum absolute atomic E-state index is 0.00493. The largest absolute Gasteiger partial charge is 0.493 e. The van der Waals surface area contributed by atoms with Crippen molar-refractivity contribution in [3.05, 3.63) is 143 Å². The van der Waals surface area contributed by atoms with Gasteiger partial charge in [0.25, 0.3) is 17.8 Å². The number of aromatic nitrogens is 6. The number of halogens is 12. The number of hydrogen-bond acceptors (Lipinski definition) is 21. The number of piperidine rings is 3. The van der Waals surface area contributed by atoms with Crippen LogP contribution in [0.1, 0.15) is 48.3 Å². The van der Waals surface area contributed by atoms with Gasteiger partial charge in [0.1, 0.15) is 53.9 Å². The Balaban J connectivity index is 0.000000152. The highest BCUT2D eigenvalue weighted by Gasteiger charge is 2.52. The van der Waals surface area contributed by atoms with E-state index in [-0.39, 0.29) is 139 Å². The van der Waals surface area contributed by atoms with Gasteiger partial charge in [-0.2, -0.15) is 0 Å². The molecule has 3 atom stereocenters. The SMILES string of the molecule is [2H]C([2H])([2H])Oc1cc2ncnc(Nc3ccc(F)c(C#C)c3F)c2cc1OC1CCN(C2COC2)CC1(F)F.[2H]C([2H])([2H])Oc1cc2ncnc(Nc3ccc(F)c(C#C)c3F)c2cc1O[C@@H]1CCN(C2COC2)CC1(F)F.[2H]C([2H])([2H])Oc1cc2ncnc(Nc3ccc(F)c(C#C)c3F)c2cc1O[C@H]1CCN(C2COC2)CC1(F)F. The van der Waals surface area contributed by atoms with Gasteiger partial charge in [0, 0.05) is 73.3 Å². The molecule has 6 saturated heterocycles. The Bertz CT molecular complexity index is 4860. The molecule has 0 radical (unpaired) electrons. The summed E-state index contributed by atoms with van der Waals surface area (Å²) in [4.78, 5) is 29.4. The molecule has 33 heteroatoms. The van der Waals surface area contributed by atoms with Crippen LogP contribution in [0, 0.1) is 71.9 Å². The number of likely N-dealkylation sites (tertiary alicyclic amines) is 3. The van der Waals surface area contributed by atoms with E-state index in [0.29, 0.717) is 59.3 Å². The summed E-state index contributed by atoms with van der Waals surface area (Å²) in [5.74, 6) is -11.7. The van der Waals surface area contributed by atoms with Crippen LogP contribution in [0.4, 0.5) is 87.2 Å². The van der Waals surface area contributed by atoms with Crippen LogP contribution < -0.4 is 44.4 Å². The first-order valence-electron chi connectivity index (χ1n) is 37.5. The molecule has 9 heterocycles. The molecular formula is C75H66F12N12O9. The number of ether oxygens (including phenoxy) is 9. The zero-order valence-electron chi connectivity index (χ0n) is 65.2. The van der Waals surface area contributed by atoms with Gasteiger partial charge in [-0.05, 0) is 54.6 Å². The molecule has 3 aromatic heterocycles. The fraction of sp³-hybridized carbons (Fsp3) is 0.360. The molecule has 1 unspecified atom stereocenters. The fourth-order valence-corrected chi connectivity index (χ4v) is 12.7. The molecule has 3 N–H and O–H groups in total. The molecule has 6 aliphatic heterocycles. The Morgan fingerprint density at radius 1 is 0.417 bits per heavy atom. The minimum Gasteiger partial charge on any atom is -0.493 e. The van der Waals surface area contributed by atoms with Gasteiger partial charge in [-0.1, -0.05) is 17.8 Å². The van der Waals surface area contributed by atoms with Crippen molar-refractivity contribution in [2.45, 2.75) is 73.5 Å². The number of fused-ring (bicyclic) bond motifs is 3. The van der Waals surface area contributed by atoms with E-state index in [9.17, 15) is 26.3 Å². The van der Waals surface area contributed by atoms with Crippen LogP contribution in [0.25, 0.3) is 32.7 Å². The van der Waals surface area contributed by atoms with Crippen molar-refractivity contribution in [3.63, 3.8) is 0 Å². The van der Waals surface area contributed by atoms with Gasteiger partial charge in [0.05, 0.1) is 161 Å². The van der Waals surface area contributed by atoms with Crippen molar-refractivity contribution in [1.29, 1.82) is 0 Å². The first-order valence-corrected chi connectivity index (χ1v) is 33.0. The van der Waals surface area contributed by atoms with Crippen molar-refractivity contribution in [1.82, 2.24) is 44.6 Å². The van der Waals surface area contributed by atoms with E-state index < -0.39 is 128 Å². The van der Waals surface area contributed by atoms with Gasteiger partial charge < -0.3 is 58.6 Å². The molecule has 0 saturated carbocycles. The van der Waals surface area contributed by atoms with Crippen LogP contribution in [0.2, 0.25) is 0 Å². The molecule has 564 valence electrons. The topological polar surface area (TPSA) is 206 Å². The standard InChI is InChI=1S/3C25H22F4N4O3/c3*1-3-15-17(26)4-5-18(23(15)27)32-24-16-8-21(20(34-2)9-19(16)30-13-31-24)36-22-6-7-33(12-25(22,28)29)14-10-35-11-14/h3*1,4-5,8-9,13-14,22H,6-7,10-12H2,2H3,(H,30,31,32)/t2*22-;/m10./s1/i3*2D3. The lowest BCUT2D eigenvalue weighted by molar-refractivity contribution is -0.170. The highest BCUT2D eigenvalue weighted by molar-refractivity contribution is 5.95. The summed E-state index contributed by atoms with van der Waals surface area (Å²) in [5, 5.41) is 8.61. The van der Waals surface area contributed by atoms with Crippen molar-refractivity contribution >= 4 is 67.2 Å². The lowest BCUT2D eigenvalue weighted by Crippen LogP contribution is -2.60. The van der Waals surface area contributed by atoms with Gasteiger partial charge >= 0.3 is 0 Å². The number of rotatable bonds is 18. The number of terminal acetylenes is 3. The number of nitrogens with zero attached hydrogens (tertiary/aromatic N) is 9. The van der Waals surface area contributed by atoms with E-state index in [4.69, 9.17) is 74.2 Å². The maximum absolute atomic E-state index is 15.1. The predicted molar refractivity (Wildman–Crippen MR) is 371 cm³/mol. The number of alkyl halides is 6. The van der Waals surface area contributed by atoms with Crippen LogP contribution >= 0.6 is 0 Å². The molecule has 0 aliphatic carbocycles. The third-order valence-electron chi connectivity index (χ3n) is 18.8. The summed E-state index contributed by atoms with van der Waals surface area (Å²) in [5.41, 5.74) is -1.93. The van der Waals surface area contributed by atoms with E-state index in [0.717, 1.165) is 55.4 Å². The molecule has 6 aliphatic rings. The van der Waals surface area contributed by atoms with Crippen LogP contribution in [0.5, 0.6) is 34.5 Å². The maximum atomic E-state index is 15.1. The normalized spacial score (nSPS) is 21.5. The van der Waals surface area contributed by atoms with Crippen LogP contribution in [0.3, 0.4) is 0 Å². The third kappa shape index (κ3) is 15.6. The third-order valence-corrected chi connectivity index (χ3v) is 18.8. The Hall–Kier alpha value is -10.9. The summed E-state index contributed by atoms with van der Waals surface area (Å²) < 4.78 is 292. The highest BCUT2D eigenvalue weighted by Crippen LogP contribution is 2.44. The minimum atomic E-state index is -3.27. The molecule has 0 bridgehead atoms. The average molecular weight is 1520 g/mol. The first-order chi connectivity index (χ1) is 55.3. The molecule has 6 aromatic carbocycles. The zero-order chi connectivity index (χ0) is 83.8. The van der Waals surface area contributed by atoms with Gasteiger partial charge in [-0.3, -0.25) is 14.7 Å². The lowest BCUT2D eigenvalue weighted by Gasteiger charge is -2.44. The smallest absolute Gasteiger partial charge is 0.296 e. The van der Waals surface area contributed by atoms with E-state index in [1.165, 1.54) is 36.4 Å². The molecule has 0 spiro atoms. The van der Waals surface area contributed by atoms with E-state index in [1.54, 1.807) is 14.7 Å². The first kappa shape index (κ1) is 64.3. The summed E-state index contributed by atoms with van der Waals surface area (Å²) >= 11 is 0. The number of hydrogen-bond donors (Lipinski definition) is 3. The molecule has 21 nitrogen and oxygen atoms in total. The number of anilines is 6. The van der Waals surface area contributed by atoms with Gasteiger partial charge in [-0.15, -0.1) is 19.3 Å². The second-order valence-electron chi connectivity index (χ2n) is 25.5. The maximum Gasteiger partial charge on any atom is 0.296 e. The second kappa shape index (κ2) is 31.5. The highest BCUT2D eigenvalue weighted by atomic mass is 19.3. The van der Waals surface area contributed by atoms with Crippen LogP contribution in [-0.4, -0.2) is 199 Å². The van der Waals surface area contributed by atoms with Crippen molar-refractivity contribution in [2.24, 2.45) is 0 Å². The quantitative estimate of drug-likeness (QED) is 0.0539. The van der Waals surface area contributed by atoms with E-state index in [1.807, 2.05) is 17.8 Å². The number of benzene rings is 6. The van der Waals surface area contributed by atoms with Gasteiger partial charge in [-0.25, -0.2) is 82.6 Å². The average Bonchev–Trinajstić information content (AvgIpc) is 0.776. The van der Waals surface area contributed by atoms with E-state index in [2.05, 4.69) is 45.9 Å². The molecule has 15 rings (SSSR count). The summed E-state index contributed by atoms with van der Waals surface area (Å²) in [6.45, 7) is 1.65. The van der Waals surface area contributed by atoms with Crippen molar-refractivity contribution < 1.29 is 108 Å². The molecule has 9 aromatic rings. The predicted octanol–water partition coefficient (Wildman–Crippen LogP) is 12.4. The van der Waals surface area contributed by atoms with Crippen LogP contribution in [-0.2, 0) is 14.2 Å². The summed E-state index contributed by atoms with van der Waals surface area (Å²) in [6.07, 6.45) is 14.1. The molecule has 0 amide bonds. The number of methoxy groups -OCH3 is 3. The lowest BCUT2D eigenvalue weighted by atomic mass is 10.0. The van der Waals surface area contributed by atoms with Gasteiger partial charge in [0.2, 0.25) is 0 Å². The van der Waals surface area contributed by atoms with Crippen LogP contribution in [0.15, 0.2) is 91.8 Å². The fourth-order valence-electron chi connectivity index (χ4n) is 12.7. The molecule has 6 fully saturated rings. The Morgan fingerprint density at radius 3 is 0.926 bits per heavy atom. The summed E-state index contributed by atoms with van der Waals surface area (Å²) in [6, 6.07) is 13.4. The monoisotopic (exact) mass is 1520 g/mol. The van der Waals surface area contributed by atoms with Crippen molar-refractivity contribution in [3.8, 4) is 71.5 Å². The summed E-state index contributed by atoms with van der Waals surface area (Å²) in [7, 11) is -8.75. The van der Waals surface area contributed by atoms with Crippen molar-refractivity contribution in [2.75, 3.05) is 116 Å². The number of nitrogens with one attached hydrogen (secondary N) is 3. The second-order valence-corrected chi connectivity index (χ2v) is 25.5. The Labute approximate surface area is 622 Å². The Kier molecular flexibility index (Phi) is 18.8. The molecular weight excluding hydrogens is 1440 g/mol. The van der Waals surface area contributed by atoms with Gasteiger partial charge in [0.15, 0.2) is 70.3 Å². The molecule has 108 heavy (non-hydrogen) atoms.